The molecule has 0 N–H and O–H groups in total. The molecule has 0 spiro atoms. The van der Waals surface area contributed by atoms with Gasteiger partial charge >= 0.3 is 5.97 Å². The molecule has 1 aliphatic rings. The summed E-state index contributed by atoms with van der Waals surface area (Å²) in [5.41, 5.74) is 0. The van der Waals surface area contributed by atoms with E-state index in [2.05, 4.69) is 0 Å². The summed E-state index contributed by atoms with van der Waals surface area (Å²) >= 11 is 0. The molecule has 0 saturated heterocycles. The van der Waals surface area contributed by atoms with Gasteiger partial charge < -0.3 is 4.74 Å². The fourth-order valence-corrected chi connectivity index (χ4v) is 1.91. The molecule has 1 aliphatic carbocycles. The summed E-state index contributed by atoms with van der Waals surface area (Å²) in [4.78, 5) is 11.1. The first kappa shape index (κ1) is 11.3. The minimum absolute atomic E-state index is 0.197. The Morgan fingerprint density at radius 2 is 1.93 bits per heavy atom. The summed E-state index contributed by atoms with van der Waals surface area (Å²) in [6.07, 6.45) is 11.4. The fourth-order valence-electron chi connectivity index (χ4n) is 1.91. The normalized spacial score (nSPS) is 19.5. The highest BCUT2D eigenvalue weighted by Crippen LogP contribution is 2.23. The van der Waals surface area contributed by atoms with E-state index in [0.29, 0.717) is 12.5 Å². The second kappa shape index (κ2) is 6.63. The van der Waals surface area contributed by atoms with Crippen molar-refractivity contribution in [3.63, 3.8) is 0 Å². The Morgan fingerprint density at radius 1 is 1.29 bits per heavy atom. The van der Waals surface area contributed by atoms with Crippen molar-refractivity contribution in [3.8, 4) is 0 Å². The Morgan fingerprint density at radius 3 is 2.50 bits per heavy atom. The molecule has 0 amide bonds. The Hall–Kier alpha value is -0.790. The number of carbonyl (C=O) groups is 1. The number of hydrogen-bond acceptors (Lipinski definition) is 2. The summed E-state index contributed by atoms with van der Waals surface area (Å²) in [6.45, 7) is 2.30. The van der Waals surface area contributed by atoms with E-state index in [-0.39, 0.29) is 5.97 Å². The number of allylic oxidation sites excluding steroid dienone is 1. The van der Waals surface area contributed by atoms with E-state index in [4.69, 9.17) is 4.74 Å². The standard InChI is InChI=1S/C12H20O2/c1-2-14-12(13)10-9-11-7-5-3-4-6-8-11/h9-11H,2-8H2,1H3/b10-9+. The van der Waals surface area contributed by atoms with Crippen LogP contribution in [0.4, 0.5) is 0 Å². The number of rotatable bonds is 3. The van der Waals surface area contributed by atoms with Crippen molar-refractivity contribution in [1.82, 2.24) is 0 Å². The van der Waals surface area contributed by atoms with Gasteiger partial charge in [-0.3, -0.25) is 0 Å². The van der Waals surface area contributed by atoms with Crippen LogP contribution in [0.25, 0.3) is 0 Å². The average molecular weight is 196 g/mol. The van der Waals surface area contributed by atoms with Crippen LogP contribution in [0.1, 0.15) is 45.4 Å². The Kier molecular flexibility index (Phi) is 5.35. The molecule has 1 rings (SSSR count). The van der Waals surface area contributed by atoms with Crippen LogP contribution in [-0.2, 0) is 9.53 Å². The molecule has 0 atom stereocenters. The van der Waals surface area contributed by atoms with E-state index >= 15 is 0 Å². The minimum atomic E-state index is -0.197. The SMILES string of the molecule is CCOC(=O)/C=C/C1CCCCCC1. The van der Waals surface area contributed by atoms with Crippen LogP contribution in [0.2, 0.25) is 0 Å². The number of esters is 1. The van der Waals surface area contributed by atoms with Gasteiger partial charge in [-0.1, -0.05) is 31.8 Å². The molecule has 2 heteroatoms. The third-order valence-corrected chi connectivity index (χ3v) is 2.69. The zero-order valence-electron chi connectivity index (χ0n) is 9.00. The van der Waals surface area contributed by atoms with E-state index < -0.39 is 0 Å². The summed E-state index contributed by atoms with van der Waals surface area (Å²) in [7, 11) is 0. The third-order valence-electron chi connectivity index (χ3n) is 2.69. The van der Waals surface area contributed by atoms with E-state index in [1.165, 1.54) is 38.5 Å². The van der Waals surface area contributed by atoms with Gasteiger partial charge in [0.1, 0.15) is 0 Å². The van der Waals surface area contributed by atoms with Gasteiger partial charge in [-0.15, -0.1) is 0 Å². The van der Waals surface area contributed by atoms with Crippen LogP contribution in [0.15, 0.2) is 12.2 Å². The van der Waals surface area contributed by atoms with Crippen LogP contribution < -0.4 is 0 Å². The molecular weight excluding hydrogens is 176 g/mol. The smallest absolute Gasteiger partial charge is 0.330 e. The van der Waals surface area contributed by atoms with Gasteiger partial charge in [0.15, 0.2) is 0 Å². The summed E-state index contributed by atoms with van der Waals surface area (Å²) in [5, 5.41) is 0. The minimum Gasteiger partial charge on any atom is -0.463 e. The van der Waals surface area contributed by atoms with Crippen molar-refractivity contribution in [2.24, 2.45) is 5.92 Å². The predicted molar refractivity (Wildman–Crippen MR) is 57.0 cm³/mol. The van der Waals surface area contributed by atoms with Gasteiger partial charge in [-0.05, 0) is 25.7 Å². The van der Waals surface area contributed by atoms with Crippen LogP contribution in [0.3, 0.4) is 0 Å². The van der Waals surface area contributed by atoms with E-state index in [1.807, 2.05) is 13.0 Å². The molecule has 0 aromatic carbocycles. The van der Waals surface area contributed by atoms with Crippen molar-refractivity contribution in [3.05, 3.63) is 12.2 Å². The lowest BCUT2D eigenvalue weighted by molar-refractivity contribution is -0.137. The topological polar surface area (TPSA) is 26.3 Å². The van der Waals surface area contributed by atoms with Crippen molar-refractivity contribution in [1.29, 1.82) is 0 Å². The average Bonchev–Trinajstić information content (AvgIpc) is 2.43. The Bertz CT molecular complexity index is 188. The maximum Gasteiger partial charge on any atom is 0.330 e. The van der Waals surface area contributed by atoms with Gasteiger partial charge in [-0.2, -0.15) is 0 Å². The number of carbonyl (C=O) groups excluding carboxylic acids is 1. The molecular formula is C12H20O2. The molecule has 0 aliphatic heterocycles. The van der Waals surface area contributed by atoms with Crippen LogP contribution in [0.5, 0.6) is 0 Å². The third kappa shape index (κ3) is 4.45. The molecule has 1 fully saturated rings. The highest BCUT2D eigenvalue weighted by molar-refractivity contribution is 5.81. The molecule has 0 aromatic heterocycles. The Labute approximate surface area is 86.3 Å². The second-order valence-electron chi connectivity index (χ2n) is 3.86. The monoisotopic (exact) mass is 196 g/mol. The first-order valence-corrected chi connectivity index (χ1v) is 5.68. The van der Waals surface area contributed by atoms with Gasteiger partial charge in [0.25, 0.3) is 0 Å². The quantitative estimate of drug-likeness (QED) is 0.394. The fraction of sp³-hybridized carbons (Fsp3) is 0.750. The Balaban J connectivity index is 2.29. The predicted octanol–water partition coefficient (Wildman–Crippen LogP) is 3.08. The van der Waals surface area contributed by atoms with E-state index in [9.17, 15) is 4.79 Å². The lowest BCUT2D eigenvalue weighted by Gasteiger charge is -2.06. The van der Waals surface area contributed by atoms with Crippen LogP contribution >= 0.6 is 0 Å². The molecule has 0 radical (unpaired) electrons. The zero-order valence-corrected chi connectivity index (χ0v) is 9.00. The summed E-state index contributed by atoms with van der Waals surface area (Å²) in [6, 6.07) is 0. The van der Waals surface area contributed by atoms with Crippen LogP contribution in [-0.4, -0.2) is 12.6 Å². The number of hydrogen-bond donors (Lipinski definition) is 0. The number of ether oxygens (including phenoxy) is 1. The lowest BCUT2D eigenvalue weighted by atomic mass is 10.00. The summed E-state index contributed by atoms with van der Waals surface area (Å²) < 4.78 is 4.84. The molecule has 0 aromatic rings. The highest BCUT2D eigenvalue weighted by atomic mass is 16.5. The molecule has 1 saturated carbocycles. The van der Waals surface area contributed by atoms with Crippen LogP contribution in [0, 0.1) is 5.92 Å². The highest BCUT2D eigenvalue weighted by Gasteiger charge is 2.09. The second-order valence-corrected chi connectivity index (χ2v) is 3.86. The molecule has 0 unspecified atom stereocenters. The maximum absolute atomic E-state index is 11.1. The van der Waals surface area contributed by atoms with E-state index in [1.54, 1.807) is 6.08 Å². The summed E-state index contributed by atoms with van der Waals surface area (Å²) in [5.74, 6) is 0.402. The van der Waals surface area contributed by atoms with Crippen molar-refractivity contribution < 1.29 is 9.53 Å². The molecule has 80 valence electrons. The molecule has 14 heavy (non-hydrogen) atoms. The van der Waals surface area contributed by atoms with Crippen molar-refractivity contribution in [2.45, 2.75) is 45.4 Å². The maximum atomic E-state index is 11.1. The van der Waals surface area contributed by atoms with Crippen molar-refractivity contribution in [2.75, 3.05) is 6.61 Å². The van der Waals surface area contributed by atoms with Gasteiger partial charge in [0.2, 0.25) is 0 Å². The van der Waals surface area contributed by atoms with Gasteiger partial charge in [0.05, 0.1) is 6.61 Å². The largest absolute Gasteiger partial charge is 0.463 e. The van der Waals surface area contributed by atoms with Gasteiger partial charge in [-0.25, -0.2) is 4.79 Å². The van der Waals surface area contributed by atoms with Crippen molar-refractivity contribution >= 4 is 5.97 Å². The first-order valence-electron chi connectivity index (χ1n) is 5.68. The zero-order chi connectivity index (χ0) is 10.2. The molecule has 0 bridgehead atoms. The molecule has 2 nitrogen and oxygen atoms in total. The van der Waals surface area contributed by atoms with E-state index in [0.717, 1.165) is 0 Å². The van der Waals surface area contributed by atoms with Gasteiger partial charge in [0, 0.05) is 6.08 Å². The first-order chi connectivity index (χ1) is 6.83. The lowest BCUT2D eigenvalue weighted by Crippen LogP contribution is -2.01. The molecule has 0 heterocycles.